The van der Waals surface area contributed by atoms with Crippen molar-refractivity contribution in [3.05, 3.63) is 95.3 Å². The molecular formula is C45H59N8O3Si. The first-order valence-corrected chi connectivity index (χ1v) is 20.9. The largest absolute Gasteiger partial charge is 0.484 e. The number of urea groups is 1. The second kappa shape index (κ2) is 15.2. The van der Waals surface area contributed by atoms with E-state index in [1.54, 1.807) is 0 Å². The Balaban J connectivity index is 1.13. The number of nitrogens with one attached hydrogen (secondary N) is 2. The normalized spacial score (nSPS) is 23.8. The Bertz CT molecular complexity index is 2220. The molecular weight excluding hydrogens is 729 g/mol. The Morgan fingerprint density at radius 1 is 0.930 bits per heavy atom. The van der Waals surface area contributed by atoms with E-state index in [2.05, 4.69) is 124 Å². The molecule has 0 bridgehead atoms. The number of aromatic nitrogens is 5. The van der Waals surface area contributed by atoms with Gasteiger partial charge in [0, 0.05) is 23.9 Å². The molecule has 2 N–H and O–H groups in total. The van der Waals surface area contributed by atoms with Crippen LogP contribution in [0.25, 0.3) is 11.3 Å². The first kappa shape index (κ1) is 40.5. The predicted molar refractivity (Wildman–Crippen MR) is 227 cm³/mol. The summed E-state index contributed by atoms with van der Waals surface area (Å²) >= 11 is 0. The fraction of sp³-hybridized carbons (Fsp3) is 0.511. The summed E-state index contributed by atoms with van der Waals surface area (Å²) < 4.78 is 17.2. The number of ether oxygens (including phenoxy) is 1. The van der Waals surface area contributed by atoms with E-state index in [1.165, 1.54) is 0 Å². The number of fused-ring (bicyclic) bond motifs is 2. The summed E-state index contributed by atoms with van der Waals surface area (Å²) in [5.41, 5.74) is 4.72. The van der Waals surface area contributed by atoms with Crippen LogP contribution in [0.15, 0.2) is 72.9 Å². The third kappa shape index (κ3) is 7.02. The van der Waals surface area contributed by atoms with Crippen LogP contribution in [0, 0.1) is 30.6 Å². The Morgan fingerprint density at radius 2 is 1.63 bits per heavy atom. The van der Waals surface area contributed by atoms with Crippen molar-refractivity contribution in [1.82, 2.24) is 29.7 Å². The van der Waals surface area contributed by atoms with Crippen LogP contribution in [0.5, 0.6) is 5.75 Å². The van der Waals surface area contributed by atoms with Crippen molar-refractivity contribution in [2.45, 2.75) is 118 Å². The van der Waals surface area contributed by atoms with Gasteiger partial charge in [0.2, 0.25) is 16.4 Å². The van der Waals surface area contributed by atoms with Gasteiger partial charge in [-0.1, -0.05) is 104 Å². The Morgan fingerprint density at radius 3 is 2.26 bits per heavy atom. The third-order valence-electron chi connectivity index (χ3n) is 12.9. The van der Waals surface area contributed by atoms with Crippen molar-refractivity contribution < 1.29 is 14.0 Å². The Labute approximate surface area is 341 Å². The lowest BCUT2D eigenvalue weighted by molar-refractivity contribution is -0.0798. The molecule has 4 heterocycles. The van der Waals surface area contributed by atoms with Crippen LogP contribution in [0.2, 0.25) is 0 Å². The number of hydrogen-bond donors (Lipinski definition) is 2. The zero-order chi connectivity index (χ0) is 41.0. The van der Waals surface area contributed by atoms with E-state index in [-0.39, 0.29) is 41.3 Å². The molecule has 0 spiro atoms. The number of pyridine rings is 1. The quantitative estimate of drug-likeness (QED) is 0.136. The van der Waals surface area contributed by atoms with Crippen molar-refractivity contribution in [3.8, 4) is 11.4 Å². The van der Waals surface area contributed by atoms with Crippen molar-refractivity contribution in [3.63, 3.8) is 0 Å². The van der Waals surface area contributed by atoms with Crippen molar-refractivity contribution in [2.75, 3.05) is 16.8 Å². The van der Waals surface area contributed by atoms with E-state index in [1.807, 2.05) is 65.5 Å². The Hall–Kier alpha value is -4.68. The lowest BCUT2D eigenvalue weighted by atomic mass is 9.62. The molecule has 57 heavy (non-hydrogen) atoms. The van der Waals surface area contributed by atoms with Gasteiger partial charge in [-0.3, -0.25) is 9.72 Å². The van der Waals surface area contributed by atoms with Gasteiger partial charge in [0.1, 0.15) is 17.7 Å². The molecule has 11 nitrogen and oxygen atoms in total. The van der Waals surface area contributed by atoms with Gasteiger partial charge in [-0.15, -0.1) is 10.2 Å². The molecule has 5 aromatic rings. The molecule has 1 aliphatic heterocycles. The summed E-state index contributed by atoms with van der Waals surface area (Å²) in [6.45, 7) is 25.1. The highest BCUT2D eigenvalue weighted by Crippen LogP contribution is 2.55. The molecule has 12 heteroatoms. The maximum Gasteiger partial charge on any atom is 0.320 e. The van der Waals surface area contributed by atoms with Gasteiger partial charge < -0.3 is 19.4 Å². The second-order valence-corrected chi connectivity index (χ2v) is 18.5. The summed E-state index contributed by atoms with van der Waals surface area (Å²) in [5.74, 6) is 3.22. The fourth-order valence-corrected chi connectivity index (χ4v) is 10.1. The number of carbonyl (C=O) groups excluding carboxylic acids is 1. The lowest BCUT2D eigenvalue weighted by Crippen LogP contribution is -2.65. The number of benzene rings is 2. The van der Waals surface area contributed by atoms with Gasteiger partial charge in [-0.2, -0.15) is 5.10 Å². The topological polar surface area (TPSA) is 111 Å². The van der Waals surface area contributed by atoms with Crippen LogP contribution >= 0.6 is 0 Å². The van der Waals surface area contributed by atoms with Gasteiger partial charge in [0.25, 0.3) is 0 Å². The van der Waals surface area contributed by atoms with E-state index in [0.29, 0.717) is 18.2 Å². The maximum absolute atomic E-state index is 13.7. The average molecular weight is 788 g/mol. The zero-order valence-corrected chi connectivity index (χ0v) is 36.4. The number of rotatable bonds is 10. The smallest absolute Gasteiger partial charge is 0.320 e. The molecule has 3 radical (unpaired) electrons. The molecule has 7 rings (SSSR count). The molecule has 2 aliphatic rings. The number of hydrogen-bond acceptors (Lipinski definition) is 7. The predicted octanol–water partition coefficient (Wildman–Crippen LogP) is 9.30. The van der Waals surface area contributed by atoms with E-state index in [4.69, 9.17) is 19.4 Å². The first-order chi connectivity index (χ1) is 27.0. The molecule has 2 aromatic carbocycles. The number of carbonyl (C=O) groups is 1. The van der Waals surface area contributed by atoms with Gasteiger partial charge in [-0.05, 0) is 79.8 Å². The van der Waals surface area contributed by atoms with Crippen LogP contribution in [0.4, 0.5) is 16.6 Å². The summed E-state index contributed by atoms with van der Waals surface area (Å²) in [6, 6.07) is 21.8. The summed E-state index contributed by atoms with van der Waals surface area (Å²) in [5, 5.41) is 20.7. The number of aryl methyl sites for hydroxylation is 1. The van der Waals surface area contributed by atoms with E-state index in [9.17, 15) is 4.79 Å². The zero-order valence-electron chi connectivity index (χ0n) is 35.4. The molecule has 3 unspecified atom stereocenters. The summed E-state index contributed by atoms with van der Waals surface area (Å²) in [7, 11) is 3.60. The summed E-state index contributed by atoms with van der Waals surface area (Å²) in [4.78, 5) is 16.1. The second-order valence-electron chi connectivity index (χ2n) is 18.3. The minimum atomic E-state index is -0.475. The molecule has 301 valence electrons. The van der Waals surface area contributed by atoms with E-state index in [0.717, 1.165) is 58.4 Å². The van der Waals surface area contributed by atoms with Crippen LogP contribution in [0.3, 0.4) is 0 Å². The van der Waals surface area contributed by atoms with Gasteiger partial charge in [0.05, 0.1) is 34.8 Å². The minimum Gasteiger partial charge on any atom is -0.484 e. The minimum absolute atomic E-state index is 0.192. The average Bonchev–Trinajstić information content (AvgIpc) is 3.86. The monoisotopic (exact) mass is 787 g/mol. The van der Waals surface area contributed by atoms with Crippen molar-refractivity contribution >= 4 is 33.9 Å². The molecule has 3 aromatic heterocycles. The summed E-state index contributed by atoms with van der Waals surface area (Å²) in [6.07, 6.45) is 3.24. The standard InChI is InChI=1S/C45H59N8O3Si/c1-27(2)35-26-52(44(11,28(3)4)45(35,56-57)29(5)6)42-49-48-39-23-20-32(25-51(39)42)55-37-22-21-36(33-14-12-13-15-34(33)37)46-41(54)47-40-24-38(43(8,9)10)50-53(40)31-18-16-30(7)17-19-31/h12-20,23-25,27-29,35-37H,21-22,26H2,1-11H3,(H2,46,47,54)/t35?,36-,37+,44?,45?/m0/s1. The maximum atomic E-state index is 13.7. The van der Waals surface area contributed by atoms with Crippen LogP contribution < -0.4 is 20.3 Å². The van der Waals surface area contributed by atoms with Crippen LogP contribution in [0.1, 0.15) is 117 Å². The highest BCUT2D eigenvalue weighted by Gasteiger charge is 2.66. The molecule has 0 saturated carbocycles. The SMILES string of the molecule is Cc1ccc(-n2nc(C(C)(C)C)cc2NC(=O)N[C@H]2CC[C@@H](Oc3ccc4nnc(N5CC(C(C)C)C(O[Si])(C(C)C)C5(C)C(C)C)n4c3)c3ccccc32)cc1. The molecule has 1 aliphatic carbocycles. The van der Waals surface area contributed by atoms with Crippen LogP contribution in [-0.2, 0) is 9.84 Å². The highest BCUT2D eigenvalue weighted by molar-refractivity contribution is 5.98. The Kier molecular flexibility index (Phi) is 10.8. The number of anilines is 2. The fourth-order valence-electron chi connectivity index (χ4n) is 9.51. The first-order valence-electron chi connectivity index (χ1n) is 20.5. The molecule has 2 amide bonds. The van der Waals surface area contributed by atoms with E-state index >= 15 is 0 Å². The molecule has 1 fully saturated rings. The van der Waals surface area contributed by atoms with Crippen LogP contribution in [-0.4, -0.2) is 58.6 Å². The number of nitrogens with zero attached hydrogens (tertiary/aromatic N) is 6. The van der Waals surface area contributed by atoms with E-state index < -0.39 is 11.1 Å². The van der Waals surface area contributed by atoms with Crippen molar-refractivity contribution in [1.29, 1.82) is 0 Å². The highest BCUT2D eigenvalue weighted by atomic mass is 28.2. The third-order valence-corrected chi connectivity index (χ3v) is 13.2. The van der Waals surface area contributed by atoms with Gasteiger partial charge in [0.15, 0.2) is 5.65 Å². The number of amides is 2. The molecule has 1 saturated heterocycles. The van der Waals surface area contributed by atoms with Gasteiger partial charge in [-0.25, -0.2) is 9.48 Å². The van der Waals surface area contributed by atoms with Gasteiger partial charge >= 0.3 is 6.03 Å². The molecule has 5 atom stereocenters. The van der Waals surface area contributed by atoms with Crippen molar-refractivity contribution in [2.24, 2.45) is 23.7 Å². The lowest BCUT2D eigenvalue weighted by Gasteiger charge is -2.54.